The Bertz CT molecular complexity index is 1130. The molecule has 1 aliphatic rings. The highest BCUT2D eigenvalue weighted by Gasteiger charge is 2.24. The second kappa shape index (κ2) is 9.62. The number of rotatable bonds is 6. The first-order valence-corrected chi connectivity index (χ1v) is 11.5. The fourth-order valence-corrected chi connectivity index (χ4v) is 4.38. The number of aromatic nitrogens is 3. The van der Waals surface area contributed by atoms with Crippen LogP contribution in [0.3, 0.4) is 0 Å². The molecular weight excluding hydrogens is 418 g/mol. The number of aromatic hydroxyl groups is 2. The topological polar surface area (TPSA) is 112 Å². The summed E-state index contributed by atoms with van der Waals surface area (Å²) in [5.41, 5.74) is 3.08. The van der Waals surface area contributed by atoms with E-state index in [0.29, 0.717) is 29.4 Å². The van der Waals surface area contributed by atoms with E-state index in [1.165, 1.54) is 11.6 Å². The minimum absolute atomic E-state index is 0.0209. The van der Waals surface area contributed by atoms with Crippen LogP contribution in [0, 0.1) is 0 Å². The van der Waals surface area contributed by atoms with E-state index in [0.717, 1.165) is 31.6 Å². The average molecular weight is 450 g/mol. The summed E-state index contributed by atoms with van der Waals surface area (Å²) in [5.74, 6) is 0.574. The van der Waals surface area contributed by atoms with E-state index in [1.807, 2.05) is 32.9 Å². The van der Waals surface area contributed by atoms with Gasteiger partial charge in [-0.05, 0) is 74.0 Å². The molecule has 8 heteroatoms. The molecule has 1 saturated heterocycles. The monoisotopic (exact) mass is 449 g/mol. The van der Waals surface area contributed by atoms with Gasteiger partial charge in [-0.15, -0.1) is 10.2 Å². The van der Waals surface area contributed by atoms with E-state index in [4.69, 9.17) is 0 Å². The third-order valence-corrected chi connectivity index (χ3v) is 6.17. The largest absolute Gasteiger partial charge is 0.508 e. The first-order valence-electron chi connectivity index (χ1n) is 11.5. The van der Waals surface area contributed by atoms with Crippen molar-refractivity contribution >= 4 is 5.91 Å². The van der Waals surface area contributed by atoms with Crippen molar-refractivity contribution in [3.8, 4) is 28.6 Å². The molecule has 33 heavy (non-hydrogen) atoms. The molecule has 1 amide bonds. The van der Waals surface area contributed by atoms with Gasteiger partial charge in [-0.25, -0.2) is 0 Å². The Balaban J connectivity index is 1.82. The van der Waals surface area contributed by atoms with E-state index < -0.39 is 0 Å². The molecule has 4 N–H and O–H groups in total. The maximum atomic E-state index is 12.8. The summed E-state index contributed by atoms with van der Waals surface area (Å²) < 4.78 is 1.66. The molecule has 4 rings (SSSR count). The lowest BCUT2D eigenvalue weighted by molar-refractivity contribution is 0.0943. The molecule has 0 bridgehead atoms. The first kappa shape index (κ1) is 22.8. The quantitative estimate of drug-likeness (QED) is 0.457. The summed E-state index contributed by atoms with van der Waals surface area (Å²) in [7, 11) is 0. The molecule has 1 fully saturated rings. The van der Waals surface area contributed by atoms with Gasteiger partial charge in [0.05, 0.1) is 5.56 Å². The number of phenols is 2. The van der Waals surface area contributed by atoms with Crippen LogP contribution >= 0.6 is 0 Å². The van der Waals surface area contributed by atoms with Gasteiger partial charge in [0.25, 0.3) is 5.91 Å². The number of benzene rings is 2. The zero-order valence-electron chi connectivity index (χ0n) is 19.3. The highest BCUT2D eigenvalue weighted by atomic mass is 16.3. The zero-order chi connectivity index (χ0) is 23.5. The van der Waals surface area contributed by atoms with Crippen LogP contribution in [0.4, 0.5) is 0 Å². The third kappa shape index (κ3) is 4.57. The van der Waals surface area contributed by atoms with Crippen molar-refractivity contribution in [2.24, 2.45) is 0 Å². The number of carbonyl (C=O) groups excluding carboxylic acids is 1. The Labute approximate surface area is 193 Å². The minimum Gasteiger partial charge on any atom is -0.508 e. The van der Waals surface area contributed by atoms with Crippen molar-refractivity contribution in [1.82, 2.24) is 25.4 Å². The van der Waals surface area contributed by atoms with E-state index in [1.54, 1.807) is 10.6 Å². The molecule has 0 atom stereocenters. The number of nitrogens with zero attached hydrogens (tertiary/aromatic N) is 3. The number of amides is 1. The van der Waals surface area contributed by atoms with Gasteiger partial charge in [0.2, 0.25) is 5.82 Å². The third-order valence-electron chi connectivity index (χ3n) is 6.17. The van der Waals surface area contributed by atoms with E-state index in [-0.39, 0.29) is 29.1 Å². The average Bonchev–Trinajstić information content (AvgIpc) is 3.25. The van der Waals surface area contributed by atoms with Gasteiger partial charge >= 0.3 is 0 Å². The van der Waals surface area contributed by atoms with E-state index in [9.17, 15) is 15.0 Å². The molecule has 2 heterocycles. The summed E-state index contributed by atoms with van der Waals surface area (Å²) in [5, 5.41) is 35.5. The number of phenolic OH excluding ortho intramolecular Hbond substituents is 2. The molecule has 0 unspecified atom stereocenters. The Kier molecular flexibility index (Phi) is 6.65. The predicted octanol–water partition coefficient (Wildman–Crippen LogP) is 3.69. The molecule has 3 aromatic rings. The molecule has 1 aliphatic heterocycles. The number of hydrogen-bond donors (Lipinski definition) is 4. The Morgan fingerprint density at radius 3 is 2.45 bits per heavy atom. The lowest BCUT2D eigenvalue weighted by atomic mass is 9.90. The van der Waals surface area contributed by atoms with Gasteiger partial charge in [0.15, 0.2) is 5.82 Å². The van der Waals surface area contributed by atoms with Crippen molar-refractivity contribution in [2.75, 3.05) is 19.6 Å². The molecule has 0 aliphatic carbocycles. The maximum Gasteiger partial charge on any atom is 0.289 e. The van der Waals surface area contributed by atoms with Crippen LogP contribution in [0.1, 0.15) is 67.2 Å². The van der Waals surface area contributed by atoms with Crippen molar-refractivity contribution in [3.05, 3.63) is 53.3 Å². The molecule has 174 valence electrons. The molecule has 0 saturated carbocycles. The van der Waals surface area contributed by atoms with Crippen LogP contribution < -0.4 is 10.6 Å². The number of piperidine rings is 1. The van der Waals surface area contributed by atoms with Crippen molar-refractivity contribution in [1.29, 1.82) is 0 Å². The SMILES string of the molecule is CCNC(=O)c1nnc(-c2cc(C(C)C)c(O)cc2O)n1-c1ccc(C2CCNCC2)cc1. The van der Waals surface area contributed by atoms with E-state index in [2.05, 4.69) is 33.0 Å². The van der Waals surface area contributed by atoms with Crippen molar-refractivity contribution in [3.63, 3.8) is 0 Å². The van der Waals surface area contributed by atoms with Crippen LogP contribution in [0.15, 0.2) is 36.4 Å². The molecule has 1 aromatic heterocycles. The highest BCUT2D eigenvalue weighted by molar-refractivity contribution is 5.92. The van der Waals surface area contributed by atoms with E-state index >= 15 is 0 Å². The lowest BCUT2D eigenvalue weighted by Gasteiger charge is -2.23. The van der Waals surface area contributed by atoms with Gasteiger partial charge in [-0.2, -0.15) is 0 Å². The number of nitrogens with one attached hydrogen (secondary N) is 2. The van der Waals surface area contributed by atoms with Crippen LogP contribution in [-0.4, -0.2) is 50.5 Å². The second-order valence-corrected chi connectivity index (χ2v) is 8.74. The standard InChI is InChI=1S/C25H31N5O3/c1-4-27-25(33)24-29-28-23(20-13-19(15(2)3)21(31)14-22(20)32)30(24)18-7-5-16(6-8-18)17-9-11-26-12-10-17/h5-8,13-15,17,26,31-32H,4,9-12H2,1-3H3,(H,27,33). The second-order valence-electron chi connectivity index (χ2n) is 8.74. The molecule has 2 aromatic carbocycles. The van der Waals surface area contributed by atoms with Gasteiger partial charge in [-0.3, -0.25) is 9.36 Å². The lowest BCUT2D eigenvalue weighted by Crippen LogP contribution is -2.27. The Morgan fingerprint density at radius 2 is 1.82 bits per heavy atom. The van der Waals surface area contributed by atoms with Crippen LogP contribution in [0.5, 0.6) is 11.5 Å². The highest BCUT2D eigenvalue weighted by Crippen LogP contribution is 2.38. The smallest absolute Gasteiger partial charge is 0.289 e. The summed E-state index contributed by atoms with van der Waals surface area (Å²) >= 11 is 0. The Hall–Kier alpha value is -3.39. The molecular formula is C25H31N5O3. The van der Waals surface area contributed by atoms with Crippen molar-refractivity contribution in [2.45, 2.75) is 45.4 Å². The molecule has 0 radical (unpaired) electrons. The van der Waals surface area contributed by atoms with Gasteiger partial charge in [0, 0.05) is 18.3 Å². The van der Waals surface area contributed by atoms with Crippen LogP contribution in [-0.2, 0) is 0 Å². The molecule has 8 nitrogen and oxygen atoms in total. The normalized spacial score (nSPS) is 14.5. The number of carbonyl (C=O) groups is 1. The Morgan fingerprint density at radius 1 is 1.12 bits per heavy atom. The van der Waals surface area contributed by atoms with Gasteiger partial charge in [0.1, 0.15) is 11.5 Å². The van der Waals surface area contributed by atoms with Crippen molar-refractivity contribution < 1.29 is 15.0 Å². The van der Waals surface area contributed by atoms with Crippen LogP contribution in [0.2, 0.25) is 0 Å². The fraction of sp³-hybridized carbons (Fsp3) is 0.400. The summed E-state index contributed by atoms with van der Waals surface area (Å²) in [6.07, 6.45) is 2.20. The summed E-state index contributed by atoms with van der Waals surface area (Å²) in [6, 6.07) is 11.1. The van der Waals surface area contributed by atoms with Gasteiger partial charge < -0.3 is 20.8 Å². The fourth-order valence-electron chi connectivity index (χ4n) is 4.38. The maximum absolute atomic E-state index is 12.8. The van der Waals surface area contributed by atoms with Crippen LogP contribution in [0.25, 0.3) is 17.1 Å². The molecule has 0 spiro atoms. The summed E-state index contributed by atoms with van der Waals surface area (Å²) in [6.45, 7) is 8.25. The predicted molar refractivity (Wildman–Crippen MR) is 127 cm³/mol. The zero-order valence-corrected chi connectivity index (χ0v) is 19.3. The summed E-state index contributed by atoms with van der Waals surface area (Å²) in [4.78, 5) is 12.8. The first-order chi connectivity index (χ1) is 15.9. The number of hydrogen-bond acceptors (Lipinski definition) is 6. The minimum atomic E-state index is -0.346. The van der Waals surface area contributed by atoms with Gasteiger partial charge in [-0.1, -0.05) is 26.0 Å².